The largest absolute Gasteiger partial charge is 0.480 e. The molecule has 1 rings (SSSR count). The zero-order valence-corrected chi connectivity index (χ0v) is 9.89. The first kappa shape index (κ1) is 12.8. The minimum Gasteiger partial charge on any atom is -0.480 e. The topological polar surface area (TPSA) is 72.5 Å². The van der Waals surface area contributed by atoms with Gasteiger partial charge in [0.15, 0.2) is 0 Å². The van der Waals surface area contributed by atoms with Crippen molar-refractivity contribution in [2.45, 2.75) is 36.5 Å². The minimum atomic E-state index is -0.997. The highest BCUT2D eigenvalue weighted by Gasteiger charge is 2.39. The lowest BCUT2D eigenvalue weighted by molar-refractivity contribution is -0.144. The lowest BCUT2D eigenvalue weighted by atomic mass is 9.82. The molecule has 88 valence electrons. The van der Waals surface area contributed by atoms with Gasteiger partial charge < -0.3 is 15.6 Å². The smallest absolute Gasteiger partial charge is 0.323 e. The summed E-state index contributed by atoms with van der Waals surface area (Å²) < 4.78 is 4.96. The molecule has 0 bridgehead atoms. The Bertz CT molecular complexity index is 225. The lowest BCUT2D eigenvalue weighted by Crippen LogP contribution is -2.52. The van der Waals surface area contributed by atoms with E-state index in [0.717, 1.165) is 18.6 Å². The summed E-state index contributed by atoms with van der Waals surface area (Å²) in [6.07, 6.45) is 3.16. The third-order valence-corrected chi connectivity index (χ3v) is 4.08. The van der Waals surface area contributed by atoms with E-state index in [-0.39, 0.29) is 0 Å². The van der Waals surface area contributed by atoms with E-state index in [1.807, 2.05) is 0 Å². The van der Waals surface area contributed by atoms with E-state index < -0.39 is 11.5 Å². The molecule has 1 fully saturated rings. The maximum Gasteiger partial charge on any atom is 0.323 e. The van der Waals surface area contributed by atoms with Crippen LogP contribution in [0.25, 0.3) is 0 Å². The number of carboxylic acids is 1. The highest BCUT2D eigenvalue weighted by Crippen LogP contribution is 2.33. The third-order valence-electron chi connectivity index (χ3n) is 2.81. The molecule has 0 heterocycles. The second kappa shape index (κ2) is 5.72. The lowest BCUT2D eigenvalue weighted by Gasteiger charge is -2.34. The summed E-state index contributed by atoms with van der Waals surface area (Å²) in [5.41, 5.74) is 4.86. The number of aliphatic carboxylic acids is 1. The maximum absolute atomic E-state index is 11.0. The molecule has 15 heavy (non-hydrogen) atoms. The molecular formula is C10H19NO3S. The summed E-state index contributed by atoms with van der Waals surface area (Å²) in [7, 11) is 1.67. The van der Waals surface area contributed by atoms with E-state index in [9.17, 15) is 4.79 Å². The summed E-state index contributed by atoms with van der Waals surface area (Å²) in [6.45, 7) is 0.714. The number of methoxy groups -OCH3 is 1. The average Bonchev–Trinajstić information content (AvgIpc) is 2.18. The van der Waals surface area contributed by atoms with Crippen molar-refractivity contribution in [2.75, 3.05) is 19.5 Å². The van der Waals surface area contributed by atoms with Crippen molar-refractivity contribution in [3.63, 3.8) is 0 Å². The number of carbonyl (C=O) groups is 1. The van der Waals surface area contributed by atoms with Crippen LogP contribution in [-0.4, -0.2) is 41.3 Å². The molecule has 2 unspecified atom stereocenters. The number of nitrogens with two attached hydrogens (primary N) is 1. The quantitative estimate of drug-likeness (QED) is 0.695. The number of rotatable bonds is 5. The van der Waals surface area contributed by atoms with Crippen LogP contribution in [0.3, 0.4) is 0 Å². The predicted molar refractivity (Wildman–Crippen MR) is 61.1 cm³/mol. The Morgan fingerprint density at radius 2 is 2.47 bits per heavy atom. The van der Waals surface area contributed by atoms with Crippen molar-refractivity contribution in [3.05, 3.63) is 0 Å². The van der Waals surface area contributed by atoms with Gasteiger partial charge in [-0.05, 0) is 25.7 Å². The molecule has 4 nitrogen and oxygen atoms in total. The average molecular weight is 233 g/mol. The van der Waals surface area contributed by atoms with E-state index in [1.54, 1.807) is 18.9 Å². The van der Waals surface area contributed by atoms with Crippen LogP contribution < -0.4 is 5.73 Å². The molecule has 0 saturated heterocycles. The first-order valence-electron chi connectivity index (χ1n) is 5.21. The Hall–Kier alpha value is -0.260. The van der Waals surface area contributed by atoms with Crippen LogP contribution in [-0.2, 0) is 9.53 Å². The van der Waals surface area contributed by atoms with E-state index in [4.69, 9.17) is 15.6 Å². The normalized spacial score (nSPS) is 31.5. The monoisotopic (exact) mass is 233 g/mol. The Morgan fingerprint density at radius 1 is 1.73 bits per heavy atom. The number of ether oxygens (including phenoxy) is 1. The standard InChI is InChI=1S/C10H19NO3S/c1-14-5-6-15-8-3-2-4-10(11,7-8)9(12)13/h8H,2-7,11H2,1H3,(H,12,13). The van der Waals surface area contributed by atoms with Gasteiger partial charge >= 0.3 is 5.97 Å². The maximum atomic E-state index is 11.0. The molecule has 0 aliphatic heterocycles. The van der Waals surface area contributed by atoms with Gasteiger partial charge in [-0.1, -0.05) is 0 Å². The fraction of sp³-hybridized carbons (Fsp3) is 0.900. The van der Waals surface area contributed by atoms with E-state index in [2.05, 4.69) is 0 Å². The molecule has 3 N–H and O–H groups in total. The number of thioether (sulfide) groups is 1. The molecule has 2 atom stereocenters. The van der Waals surface area contributed by atoms with Crippen molar-refractivity contribution in [2.24, 2.45) is 5.73 Å². The summed E-state index contributed by atoms with van der Waals surface area (Å²) in [4.78, 5) is 11.0. The van der Waals surface area contributed by atoms with Gasteiger partial charge in [0.2, 0.25) is 0 Å². The zero-order chi connectivity index (χ0) is 11.3. The highest BCUT2D eigenvalue weighted by atomic mass is 32.2. The predicted octanol–water partition coefficient (Wildman–Crippen LogP) is 1.09. The molecule has 0 spiro atoms. The fourth-order valence-corrected chi connectivity index (χ4v) is 3.24. The van der Waals surface area contributed by atoms with Crippen LogP contribution in [0, 0.1) is 0 Å². The molecule has 0 radical (unpaired) electrons. The summed E-state index contributed by atoms with van der Waals surface area (Å²) in [5, 5.41) is 9.40. The first-order valence-corrected chi connectivity index (χ1v) is 6.26. The molecule has 0 aromatic heterocycles. The second-order valence-corrected chi connectivity index (χ2v) is 5.45. The molecule has 1 aliphatic carbocycles. The van der Waals surface area contributed by atoms with Gasteiger partial charge in [0.05, 0.1) is 6.61 Å². The van der Waals surface area contributed by atoms with Crippen LogP contribution in [0.2, 0.25) is 0 Å². The second-order valence-electron chi connectivity index (χ2n) is 4.04. The molecule has 0 aromatic carbocycles. The summed E-state index contributed by atoms with van der Waals surface area (Å²) in [6, 6.07) is 0. The van der Waals surface area contributed by atoms with Gasteiger partial charge in [-0.15, -0.1) is 0 Å². The molecule has 0 aromatic rings. The zero-order valence-electron chi connectivity index (χ0n) is 9.07. The molecule has 1 saturated carbocycles. The van der Waals surface area contributed by atoms with E-state index in [1.165, 1.54) is 0 Å². The Labute approximate surface area is 94.6 Å². The minimum absolute atomic E-state index is 0.370. The summed E-state index contributed by atoms with van der Waals surface area (Å²) >= 11 is 1.77. The number of carboxylic acid groups (broad SMARTS) is 1. The molecule has 1 aliphatic rings. The van der Waals surface area contributed by atoms with Crippen molar-refractivity contribution in [3.8, 4) is 0 Å². The van der Waals surface area contributed by atoms with Crippen LogP contribution in [0.5, 0.6) is 0 Å². The van der Waals surface area contributed by atoms with Crippen LogP contribution >= 0.6 is 11.8 Å². The Balaban J connectivity index is 2.38. The van der Waals surface area contributed by atoms with Gasteiger partial charge in [-0.2, -0.15) is 11.8 Å². The van der Waals surface area contributed by atoms with Crippen LogP contribution in [0.1, 0.15) is 25.7 Å². The third kappa shape index (κ3) is 3.66. The number of hydrogen-bond donors (Lipinski definition) is 2. The van der Waals surface area contributed by atoms with E-state index >= 15 is 0 Å². The van der Waals surface area contributed by atoms with Crippen molar-refractivity contribution < 1.29 is 14.6 Å². The van der Waals surface area contributed by atoms with Crippen LogP contribution in [0.15, 0.2) is 0 Å². The molecule has 0 amide bonds. The summed E-state index contributed by atoms with van der Waals surface area (Å²) in [5.74, 6) is 0.0520. The number of hydrogen-bond acceptors (Lipinski definition) is 4. The highest BCUT2D eigenvalue weighted by molar-refractivity contribution is 7.99. The van der Waals surface area contributed by atoms with Gasteiger partial charge in [-0.3, -0.25) is 4.79 Å². The van der Waals surface area contributed by atoms with Crippen molar-refractivity contribution in [1.82, 2.24) is 0 Å². The molecule has 5 heteroatoms. The van der Waals surface area contributed by atoms with Gasteiger partial charge in [0, 0.05) is 18.1 Å². The van der Waals surface area contributed by atoms with Crippen molar-refractivity contribution in [1.29, 1.82) is 0 Å². The fourth-order valence-electron chi connectivity index (χ4n) is 1.89. The SMILES string of the molecule is COCCSC1CCCC(N)(C(=O)O)C1. The van der Waals surface area contributed by atoms with Crippen molar-refractivity contribution >= 4 is 17.7 Å². The van der Waals surface area contributed by atoms with Gasteiger partial charge in [-0.25, -0.2) is 0 Å². The van der Waals surface area contributed by atoms with Crippen LogP contribution in [0.4, 0.5) is 0 Å². The Morgan fingerprint density at radius 3 is 3.07 bits per heavy atom. The first-order chi connectivity index (χ1) is 7.08. The van der Waals surface area contributed by atoms with E-state index in [0.29, 0.717) is 24.7 Å². The van der Waals surface area contributed by atoms with Gasteiger partial charge in [0.1, 0.15) is 5.54 Å². The Kier molecular flexibility index (Phi) is 4.89. The van der Waals surface area contributed by atoms with Gasteiger partial charge in [0.25, 0.3) is 0 Å². The molecular weight excluding hydrogens is 214 g/mol.